The topological polar surface area (TPSA) is 21.3 Å². The normalized spacial score (nSPS) is 12.2. The summed E-state index contributed by atoms with van der Waals surface area (Å²) in [6, 6.07) is 16.4. The monoisotopic (exact) mass is 353 g/mol. The van der Waals surface area contributed by atoms with Gasteiger partial charge in [0.25, 0.3) is 0 Å². The lowest BCUT2D eigenvalue weighted by Crippen LogP contribution is -2.13. The van der Waals surface area contributed by atoms with E-state index in [1.807, 2.05) is 49.5 Å². The molecule has 3 heteroatoms. The molecule has 1 atom stereocenters. The maximum atomic E-state index is 5.94. The first-order valence-electron chi connectivity index (χ1n) is 5.90. The summed E-state index contributed by atoms with van der Waals surface area (Å²) in [5, 5.41) is 3.24. The molecule has 2 aromatic carbocycles. The summed E-state index contributed by atoms with van der Waals surface area (Å²) in [7, 11) is 1.95. The van der Waals surface area contributed by atoms with Gasteiger partial charge in [-0.05, 0) is 66.9 Å². The molecule has 0 fully saturated rings. The van der Waals surface area contributed by atoms with Gasteiger partial charge in [0.15, 0.2) is 0 Å². The second-order valence-corrected chi connectivity index (χ2v) is 5.35. The van der Waals surface area contributed by atoms with Crippen molar-refractivity contribution in [2.75, 3.05) is 7.05 Å². The Hall–Kier alpha value is -1.07. The van der Waals surface area contributed by atoms with E-state index in [0.29, 0.717) is 0 Å². The van der Waals surface area contributed by atoms with Crippen LogP contribution in [-0.2, 0) is 0 Å². The molecule has 0 aliphatic rings. The molecule has 0 aliphatic heterocycles. The third-order valence-electron chi connectivity index (χ3n) is 2.86. The van der Waals surface area contributed by atoms with Crippen LogP contribution in [0.2, 0.25) is 0 Å². The second-order valence-electron chi connectivity index (χ2n) is 4.10. The summed E-state index contributed by atoms with van der Waals surface area (Å²) in [4.78, 5) is 0. The number of halogens is 1. The molecular formula is C15H16INO. The van der Waals surface area contributed by atoms with Crippen molar-refractivity contribution < 1.29 is 4.74 Å². The lowest BCUT2D eigenvalue weighted by atomic mass is 10.1. The minimum absolute atomic E-state index is 0.269. The maximum absolute atomic E-state index is 5.94. The number of benzene rings is 2. The summed E-state index contributed by atoms with van der Waals surface area (Å²) in [5.74, 6) is 1.77. The molecule has 1 unspecified atom stereocenters. The SMILES string of the molecule is CNC(C)c1ccccc1Oc1ccc(I)cc1. The van der Waals surface area contributed by atoms with Crippen molar-refractivity contribution in [1.82, 2.24) is 5.32 Å². The van der Waals surface area contributed by atoms with Crippen LogP contribution in [0.15, 0.2) is 48.5 Å². The first-order valence-corrected chi connectivity index (χ1v) is 6.98. The van der Waals surface area contributed by atoms with E-state index in [4.69, 9.17) is 4.74 Å². The summed E-state index contributed by atoms with van der Waals surface area (Å²) >= 11 is 2.29. The molecule has 2 nitrogen and oxygen atoms in total. The van der Waals surface area contributed by atoms with Gasteiger partial charge in [-0.15, -0.1) is 0 Å². The van der Waals surface area contributed by atoms with Gasteiger partial charge in [0.05, 0.1) is 0 Å². The Bertz CT molecular complexity index is 510. The minimum Gasteiger partial charge on any atom is -0.457 e. The largest absolute Gasteiger partial charge is 0.457 e. The highest BCUT2D eigenvalue weighted by molar-refractivity contribution is 14.1. The fourth-order valence-electron chi connectivity index (χ4n) is 1.72. The zero-order chi connectivity index (χ0) is 13.0. The third-order valence-corrected chi connectivity index (χ3v) is 3.58. The zero-order valence-electron chi connectivity index (χ0n) is 10.5. The molecule has 0 aliphatic carbocycles. The maximum Gasteiger partial charge on any atom is 0.132 e. The highest BCUT2D eigenvalue weighted by Gasteiger charge is 2.09. The average molecular weight is 353 g/mol. The lowest BCUT2D eigenvalue weighted by molar-refractivity contribution is 0.466. The smallest absolute Gasteiger partial charge is 0.132 e. The standard InChI is InChI=1S/C15H16INO/c1-11(17-2)14-5-3-4-6-15(14)18-13-9-7-12(16)8-10-13/h3-11,17H,1-2H3. The molecule has 0 saturated carbocycles. The van der Waals surface area contributed by atoms with Crippen LogP contribution in [0.3, 0.4) is 0 Å². The fraction of sp³-hybridized carbons (Fsp3) is 0.200. The summed E-state index contributed by atoms with van der Waals surface area (Å²) in [6.45, 7) is 2.12. The van der Waals surface area contributed by atoms with E-state index in [1.54, 1.807) is 0 Å². The molecule has 18 heavy (non-hydrogen) atoms. The van der Waals surface area contributed by atoms with Gasteiger partial charge in [-0.1, -0.05) is 18.2 Å². The predicted molar refractivity (Wildman–Crippen MR) is 83.1 cm³/mol. The van der Waals surface area contributed by atoms with E-state index in [9.17, 15) is 0 Å². The number of rotatable bonds is 4. The molecule has 0 radical (unpaired) electrons. The Labute approximate surface area is 122 Å². The molecule has 0 aromatic heterocycles. The van der Waals surface area contributed by atoms with Crippen molar-refractivity contribution in [1.29, 1.82) is 0 Å². The van der Waals surface area contributed by atoms with Gasteiger partial charge in [-0.25, -0.2) is 0 Å². The third kappa shape index (κ3) is 3.23. The molecule has 0 bridgehead atoms. The van der Waals surface area contributed by atoms with Crippen LogP contribution in [0.25, 0.3) is 0 Å². The second kappa shape index (κ2) is 6.20. The van der Waals surface area contributed by atoms with Gasteiger partial charge in [0.1, 0.15) is 11.5 Å². The van der Waals surface area contributed by atoms with Crippen LogP contribution in [0, 0.1) is 3.57 Å². The number of para-hydroxylation sites is 1. The zero-order valence-corrected chi connectivity index (χ0v) is 12.6. The van der Waals surface area contributed by atoms with Crippen molar-refractivity contribution in [2.45, 2.75) is 13.0 Å². The average Bonchev–Trinajstić information content (AvgIpc) is 2.41. The highest BCUT2D eigenvalue weighted by Crippen LogP contribution is 2.29. The van der Waals surface area contributed by atoms with Crippen LogP contribution < -0.4 is 10.1 Å². The minimum atomic E-state index is 0.269. The van der Waals surface area contributed by atoms with E-state index in [0.717, 1.165) is 11.5 Å². The Morgan fingerprint density at radius 1 is 1.06 bits per heavy atom. The van der Waals surface area contributed by atoms with Gasteiger partial charge in [-0.2, -0.15) is 0 Å². The number of ether oxygens (including phenoxy) is 1. The molecule has 94 valence electrons. The Kier molecular flexibility index (Phi) is 4.60. The molecule has 2 rings (SSSR count). The molecule has 1 N–H and O–H groups in total. The van der Waals surface area contributed by atoms with E-state index in [1.165, 1.54) is 9.13 Å². The lowest BCUT2D eigenvalue weighted by Gasteiger charge is -2.16. The van der Waals surface area contributed by atoms with Gasteiger partial charge >= 0.3 is 0 Å². The molecular weight excluding hydrogens is 337 g/mol. The summed E-state index contributed by atoms with van der Waals surface area (Å²) in [6.07, 6.45) is 0. The number of nitrogens with one attached hydrogen (secondary N) is 1. The van der Waals surface area contributed by atoms with Crippen LogP contribution in [0.1, 0.15) is 18.5 Å². The fourth-order valence-corrected chi connectivity index (χ4v) is 2.08. The molecule has 0 spiro atoms. The van der Waals surface area contributed by atoms with Crippen LogP contribution in [0.5, 0.6) is 11.5 Å². The number of hydrogen-bond donors (Lipinski definition) is 1. The van der Waals surface area contributed by atoms with Crippen molar-refractivity contribution in [3.63, 3.8) is 0 Å². The van der Waals surface area contributed by atoms with E-state index >= 15 is 0 Å². The van der Waals surface area contributed by atoms with Crippen LogP contribution in [0.4, 0.5) is 0 Å². The first-order chi connectivity index (χ1) is 8.70. The Morgan fingerprint density at radius 3 is 2.39 bits per heavy atom. The summed E-state index contributed by atoms with van der Waals surface area (Å²) < 4.78 is 7.15. The van der Waals surface area contributed by atoms with Gasteiger partial charge in [-0.3, -0.25) is 0 Å². The van der Waals surface area contributed by atoms with E-state index in [-0.39, 0.29) is 6.04 Å². The number of hydrogen-bond acceptors (Lipinski definition) is 2. The van der Waals surface area contributed by atoms with Gasteiger partial charge in [0, 0.05) is 15.2 Å². The molecule has 0 amide bonds. The molecule has 0 saturated heterocycles. The van der Waals surface area contributed by atoms with E-state index in [2.05, 4.69) is 40.9 Å². The van der Waals surface area contributed by atoms with Crippen LogP contribution in [-0.4, -0.2) is 7.05 Å². The van der Waals surface area contributed by atoms with Gasteiger partial charge < -0.3 is 10.1 Å². The Morgan fingerprint density at radius 2 is 1.72 bits per heavy atom. The van der Waals surface area contributed by atoms with Crippen molar-refractivity contribution in [2.24, 2.45) is 0 Å². The molecule has 2 aromatic rings. The van der Waals surface area contributed by atoms with Crippen LogP contribution >= 0.6 is 22.6 Å². The van der Waals surface area contributed by atoms with E-state index < -0.39 is 0 Å². The molecule has 0 heterocycles. The van der Waals surface area contributed by atoms with Crippen molar-refractivity contribution in [3.8, 4) is 11.5 Å². The highest BCUT2D eigenvalue weighted by atomic mass is 127. The van der Waals surface area contributed by atoms with Gasteiger partial charge in [0.2, 0.25) is 0 Å². The van der Waals surface area contributed by atoms with Crippen molar-refractivity contribution in [3.05, 3.63) is 57.7 Å². The van der Waals surface area contributed by atoms with Crippen molar-refractivity contribution >= 4 is 22.6 Å². The quantitative estimate of drug-likeness (QED) is 0.825. The predicted octanol–water partition coefficient (Wildman–Crippen LogP) is 4.36. The Balaban J connectivity index is 2.26. The summed E-state index contributed by atoms with van der Waals surface area (Å²) in [5.41, 5.74) is 1.17. The first kappa shape index (κ1) is 13.4.